The van der Waals surface area contributed by atoms with E-state index >= 15 is 0 Å². The second kappa shape index (κ2) is 12.1. The van der Waals surface area contributed by atoms with Crippen molar-refractivity contribution >= 4 is 29.5 Å². The van der Waals surface area contributed by atoms with Crippen LogP contribution in [0.15, 0.2) is 30.5 Å². The van der Waals surface area contributed by atoms with E-state index < -0.39 is 29.3 Å². The Morgan fingerprint density at radius 2 is 1.97 bits per heavy atom. The average Bonchev–Trinajstić information content (AvgIpc) is 3.17. The Labute approximate surface area is 221 Å². The monoisotopic (exact) mass is 528 g/mol. The van der Waals surface area contributed by atoms with Crippen LogP contribution in [0.5, 0.6) is 0 Å². The van der Waals surface area contributed by atoms with E-state index in [1.807, 2.05) is 0 Å². The lowest BCUT2D eigenvalue weighted by Crippen LogP contribution is -2.56. The predicted molar refractivity (Wildman–Crippen MR) is 141 cm³/mol. The number of aromatic nitrogens is 2. The molecule has 204 valence electrons. The molecule has 0 aliphatic carbocycles. The molecule has 38 heavy (non-hydrogen) atoms. The van der Waals surface area contributed by atoms with Gasteiger partial charge in [0.25, 0.3) is 0 Å². The molecule has 1 aliphatic rings. The summed E-state index contributed by atoms with van der Waals surface area (Å²) in [6.45, 7) is 6.85. The first kappa shape index (κ1) is 28.6. The van der Waals surface area contributed by atoms with Crippen LogP contribution in [0.1, 0.15) is 52.5 Å². The Morgan fingerprint density at radius 1 is 1.26 bits per heavy atom. The molecule has 1 aromatic heterocycles. The fourth-order valence-electron chi connectivity index (χ4n) is 3.93. The van der Waals surface area contributed by atoms with Crippen LogP contribution >= 0.6 is 0 Å². The molecule has 11 heteroatoms. The molecule has 1 fully saturated rings. The number of nitrogens with zero attached hydrogens (tertiary/aromatic N) is 3. The largest absolute Gasteiger partial charge is 0.444 e. The van der Waals surface area contributed by atoms with Crippen LogP contribution in [-0.2, 0) is 9.53 Å². The summed E-state index contributed by atoms with van der Waals surface area (Å²) in [6.07, 6.45) is 0.528. The number of likely N-dealkylation sites (tertiary alicyclic amines) is 1. The van der Waals surface area contributed by atoms with E-state index in [0.717, 1.165) is 0 Å². The van der Waals surface area contributed by atoms with Gasteiger partial charge in [0.2, 0.25) is 11.9 Å². The van der Waals surface area contributed by atoms with Gasteiger partial charge in [-0.3, -0.25) is 9.69 Å². The van der Waals surface area contributed by atoms with Gasteiger partial charge in [-0.25, -0.2) is 18.6 Å². The molecule has 3 rings (SSSR count). The molecular formula is C27H34F2N6O3. The van der Waals surface area contributed by atoms with Crippen molar-refractivity contribution < 1.29 is 23.1 Å². The minimum atomic E-state index is -1.32. The van der Waals surface area contributed by atoms with Crippen molar-refractivity contribution in [1.29, 1.82) is 0 Å². The number of unbranched alkanes of at least 4 members (excludes halogenated alkanes) is 1. The SMILES string of the molecule is CNc1nc(Nc2ccc(F)cc2)ncc1C#CCCCNC(=O)[C@]1(C)C[C@@H](F)CN1C(=O)OC(C)(C)C. The van der Waals surface area contributed by atoms with E-state index in [1.54, 1.807) is 53.1 Å². The normalized spacial score (nSPS) is 18.8. The van der Waals surface area contributed by atoms with Crippen LogP contribution in [0, 0.1) is 17.7 Å². The molecule has 0 bridgehead atoms. The molecule has 1 aliphatic heterocycles. The summed E-state index contributed by atoms with van der Waals surface area (Å²) in [6, 6.07) is 5.85. The Balaban J connectivity index is 1.52. The highest BCUT2D eigenvalue weighted by Gasteiger charge is 2.51. The van der Waals surface area contributed by atoms with Gasteiger partial charge in [0.05, 0.1) is 18.3 Å². The quantitative estimate of drug-likeness (QED) is 0.361. The Bertz CT molecular complexity index is 1210. The van der Waals surface area contributed by atoms with E-state index in [0.29, 0.717) is 42.4 Å². The fourth-order valence-corrected chi connectivity index (χ4v) is 3.93. The number of hydrogen-bond donors (Lipinski definition) is 3. The molecule has 2 atom stereocenters. The summed E-state index contributed by atoms with van der Waals surface area (Å²) >= 11 is 0. The Hall–Kier alpha value is -3.94. The molecule has 0 radical (unpaired) electrons. The van der Waals surface area contributed by atoms with Crippen molar-refractivity contribution in [3.63, 3.8) is 0 Å². The topological polar surface area (TPSA) is 108 Å². The minimum Gasteiger partial charge on any atom is -0.444 e. The lowest BCUT2D eigenvalue weighted by molar-refractivity contribution is -0.130. The number of halogens is 2. The number of amides is 2. The third kappa shape index (κ3) is 7.54. The van der Waals surface area contributed by atoms with Crippen LogP contribution in [0.3, 0.4) is 0 Å². The lowest BCUT2D eigenvalue weighted by atomic mass is 9.97. The van der Waals surface area contributed by atoms with Crippen LogP contribution in [0.4, 0.5) is 31.0 Å². The number of alkyl halides is 1. The number of ether oxygens (including phenoxy) is 1. The Kier molecular flexibility index (Phi) is 9.09. The maximum absolute atomic E-state index is 14.2. The smallest absolute Gasteiger partial charge is 0.411 e. The summed E-state index contributed by atoms with van der Waals surface area (Å²) in [5.41, 5.74) is -0.825. The van der Waals surface area contributed by atoms with Crippen LogP contribution in [0.25, 0.3) is 0 Å². The molecule has 2 heterocycles. The average molecular weight is 529 g/mol. The zero-order valence-electron chi connectivity index (χ0n) is 22.3. The number of benzene rings is 1. The van der Waals surface area contributed by atoms with Crippen LogP contribution in [0.2, 0.25) is 0 Å². The van der Waals surface area contributed by atoms with E-state index in [9.17, 15) is 18.4 Å². The molecule has 3 N–H and O–H groups in total. The van der Waals surface area contributed by atoms with Crippen molar-refractivity contribution in [2.45, 2.75) is 64.3 Å². The maximum atomic E-state index is 14.2. The van der Waals surface area contributed by atoms with Gasteiger partial charge in [-0.2, -0.15) is 4.98 Å². The summed E-state index contributed by atoms with van der Waals surface area (Å²) in [5.74, 6) is 6.17. The number of nitrogens with one attached hydrogen (secondary N) is 3. The molecule has 2 aromatic rings. The molecule has 0 unspecified atom stereocenters. The zero-order valence-corrected chi connectivity index (χ0v) is 22.3. The molecule has 9 nitrogen and oxygen atoms in total. The van der Waals surface area contributed by atoms with Gasteiger partial charge in [-0.15, -0.1) is 0 Å². The predicted octanol–water partition coefficient (Wildman–Crippen LogP) is 4.39. The molecular weight excluding hydrogens is 494 g/mol. The van der Waals surface area contributed by atoms with E-state index in [2.05, 4.69) is 37.8 Å². The van der Waals surface area contributed by atoms with Crippen LogP contribution in [-0.4, -0.2) is 64.3 Å². The van der Waals surface area contributed by atoms with Gasteiger partial charge in [-0.05, 0) is 58.4 Å². The van der Waals surface area contributed by atoms with E-state index in [4.69, 9.17) is 4.74 Å². The van der Waals surface area contributed by atoms with Crippen molar-refractivity contribution in [2.24, 2.45) is 0 Å². The summed E-state index contributed by atoms with van der Waals surface area (Å²) in [5, 5.41) is 8.78. The summed E-state index contributed by atoms with van der Waals surface area (Å²) in [4.78, 5) is 35.3. The molecule has 1 saturated heterocycles. The number of hydrogen-bond acceptors (Lipinski definition) is 7. The van der Waals surface area contributed by atoms with E-state index in [1.165, 1.54) is 17.0 Å². The highest BCUT2D eigenvalue weighted by atomic mass is 19.1. The van der Waals surface area contributed by atoms with Gasteiger partial charge in [0.1, 0.15) is 28.9 Å². The van der Waals surface area contributed by atoms with Gasteiger partial charge in [0.15, 0.2) is 0 Å². The second-order valence-electron chi connectivity index (χ2n) is 10.2. The second-order valence-corrected chi connectivity index (χ2v) is 10.2. The van der Waals surface area contributed by atoms with Gasteiger partial charge in [0, 0.05) is 32.1 Å². The summed E-state index contributed by atoms with van der Waals surface area (Å²) in [7, 11) is 1.72. The molecule has 0 spiro atoms. The highest BCUT2D eigenvalue weighted by Crippen LogP contribution is 2.32. The number of anilines is 3. The highest BCUT2D eigenvalue weighted by molar-refractivity contribution is 5.90. The standard InChI is InChI=1S/C27H34F2N6O3/c1-26(2,3)38-25(37)35-17-20(29)15-27(35,4)23(36)31-14-8-6-7-9-18-16-32-24(34-22(18)30-5)33-21-12-10-19(28)11-13-21/h10-13,16,20H,6,8,14-15,17H2,1-5H3,(H,31,36)(H2,30,32,33,34)/t20-,27+/m1/s1. The molecule has 0 saturated carbocycles. The lowest BCUT2D eigenvalue weighted by Gasteiger charge is -2.34. The Morgan fingerprint density at radius 3 is 2.63 bits per heavy atom. The van der Waals surface area contributed by atoms with Gasteiger partial charge < -0.3 is 20.7 Å². The number of carbonyl (C=O) groups excluding carboxylic acids is 2. The third-order valence-electron chi connectivity index (χ3n) is 5.81. The molecule has 1 aromatic carbocycles. The first-order chi connectivity index (χ1) is 17.9. The first-order valence-electron chi connectivity index (χ1n) is 12.4. The fraction of sp³-hybridized carbons (Fsp3) is 0.481. The molecule has 2 amide bonds. The minimum absolute atomic E-state index is 0.0866. The third-order valence-corrected chi connectivity index (χ3v) is 5.81. The van der Waals surface area contributed by atoms with Crippen molar-refractivity contribution in [3.8, 4) is 11.8 Å². The van der Waals surface area contributed by atoms with Gasteiger partial charge in [-0.1, -0.05) is 11.8 Å². The maximum Gasteiger partial charge on any atom is 0.411 e. The van der Waals surface area contributed by atoms with Gasteiger partial charge >= 0.3 is 6.09 Å². The van der Waals surface area contributed by atoms with Crippen molar-refractivity contribution in [1.82, 2.24) is 20.2 Å². The zero-order chi connectivity index (χ0) is 27.9. The van der Waals surface area contributed by atoms with Crippen molar-refractivity contribution in [3.05, 3.63) is 41.8 Å². The first-order valence-corrected chi connectivity index (χ1v) is 12.4. The summed E-state index contributed by atoms with van der Waals surface area (Å²) < 4.78 is 32.7. The van der Waals surface area contributed by atoms with Crippen LogP contribution < -0.4 is 16.0 Å². The van der Waals surface area contributed by atoms with Crippen molar-refractivity contribution in [2.75, 3.05) is 30.8 Å². The van der Waals surface area contributed by atoms with E-state index in [-0.39, 0.29) is 18.8 Å². The number of rotatable bonds is 7. The number of carbonyl (C=O) groups is 2.